The number of rotatable bonds is 1. The molecule has 1 rings (SSSR count). The molecule has 1 heterocycles. The molecular weight excluding hydrogens is 161 g/mol. The minimum atomic E-state index is -1.79. The highest BCUT2D eigenvalue weighted by atomic mass is 32.1. The zero-order valence-corrected chi connectivity index (χ0v) is 5.53. The topological polar surface area (TPSA) is 40.5 Å². The molecule has 1 aromatic heterocycles. The van der Waals surface area contributed by atoms with Gasteiger partial charge in [-0.25, -0.2) is 4.39 Å². The lowest BCUT2D eigenvalue weighted by molar-refractivity contribution is 0.426. The Morgan fingerprint density at radius 3 is 2.20 bits per heavy atom. The van der Waals surface area contributed by atoms with Gasteiger partial charge in [-0.2, -0.15) is 4.39 Å². The largest absolute Gasteiger partial charge is 0.499 e. The zero-order chi connectivity index (χ0) is 7.72. The Kier molecular flexibility index (Phi) is 2.03. The zero-order valence-electron chi connectivity index (χ0n) is 4.71. The summed E-state index contributed by atoms with van der Waals surface area (Å²) in [6, 6.07) is 0.755. The fraction of sp³-hybridized carbons (Fsp3) is 0. The van der Waals surface area contributed by atoms with Gasteiger partial charge in [0.05, 0.1) is 0 Å². The third-order valence-corrected chi connectivity index (χ3v) is 1.86. The molecule has 0 atom stereocenters. The van der Waals surface area contributed by atoms with Crippen LogP contribution in [-0.2, 0) is 0 Å². The Hall–Kier alpha value is -0.455. The highest BCUT2D eigenvalue weighted by molar-refractivity contribution is 7.20. The van der Waals surface area contributed by atoms with Gasteiger partial charge in [0.2, 0.25) is 5.13 Å². The van der Waals surface area contributed by atoms with Crippen LogP contribution in [0.15, 0.2) is 6.07 Å². The van der Waals surface area contributed by atoms with Gasteiger partial charge in [-0.15, -0.1) is 11.3 Å². The number of hydrogen-bond acceptors (Lipinski definition) is 3. The Morgan fingerprint density at radius 2 is 2.00 bits per heavy atom. The van der Waals surface area contributed by atoms with Crippen LogP contribution in [0, 0.1) is 10.9 Å². The maximum Gasteiger partial charge on any atom is 0.499 e. The van der Waals surface area contributed by atoms with Crippen molar-refractivity contribution in [3.8, 4) is 0 Å². The fourth-order valence-electron chi connectivity index (χ4n) is 0.491. The first-order chi connectivity index (χ1) is 4.61. The standard InChI is InChI=1S/C4H3BF2O2S/c6-2-1-3(5(8)9)10-4(2)7/h1,8-9H. The van der Waals surface area contributed by atoms with Gasteiger partial charge in [0.15, 0.2) is 5.82 Å². The van der Waals surface area contributed by atoms with E-state index in [2.05, 4.69) is 0 Å². The SMILES string of the molecule is OB(O)c1cc(F)c(F)s1. The second-order valence-electron chi connectivity index (χ2n) is 1.64. The summed E-state index contributed by atoms with van der Waals surface area (Å²) in [5.74, 6) is -1.05. The maximum absolute atomic E-state index is 12.1. The molecule has 0 spiro atoms. The summed E-state index contributed by atoms with van der Waals surface area (Å²) >= 11 is 0.381. The van der Waals surface area contributed by atoms with Crippen LogP contribution < -0.4 is 4.78 Å². The van der Waals surface area contributed by atoms with Crippen LogP contribution in [0.3, 0.4) is 0 Å². The van der Waals surface area contributed by atoms with Crippen molar-refractivity contribution in [2.24, 2.45) is 0 Å². The molecule has 54 valence electrons. The number of thiophene rings is 1. The number of halogens is 2. The van der Waals surface area contributed by atoms with E-state index in [9.17, 15) is 8.78 Å². The van der Waals surface area contributed by atoms with Crippen molar-refractivity contribution in [2.75, 3.05) is 0 Å². The first kappa shape index (κ1) is 7.65. The maximum atomic E-state index is 12.1. The molecule has 0 aliphatic heterocycles. The number of hydrogen-bond donors (Lipinski definition) is 2. The molecule has 0 fully saturated rings. The Labute approximate surface area is 59.9 Å². The summed E-state index contributed by atoms with van der Waals surface area (Å²) < 4.78 is 24.1. The van der Waals surface area contributed by atoms with E-state index in [0.29, 0.717) is 11.3 Å². The molecule has 2 N–H and O–H groups in total. The molecule has 0 saturated carbocycles. The van der Waals surface area contributed by atoms with E-state index in [1.807, 2.05) is 0 Å². The third-order valence-electron chi connectivity index (χ3n) is 0.919. The Morgan fingerprint density at radius 1 is 1.40 bits per heavy atom. The quantitative estimate of drug-likeness (QED) is 0.559. The van der Waals surface area contributed by atoms with E-state index < -0.39 is 18.1 Å². The van der Waals surface area contributed by atoms with E-state index in [1.165, 1.54) is 0 Å². The average Bonchev–Trinajstić information content (AvgIpc) is 2.13. The summed E-state index contributed by atoms with van der Waals surface area (Å²) in [7, 11) is -1.79. The lowest BCUT2D eigenvalue weighted by Gasteiger charge is -1.86. The minimum Gasteiger partial charge on any atom is -0.423 e. The van der Waals surface area contributed by atoms with Crippen LogP contribution in [-0.4, -0.2) is 17.2 Å². The second-order valence-corrected chi connectivity index (χ2v) is 2.68. The first-order valence-electron chi connectivity index (χ1n) is 2.42. The van der Waals surface area contributed by atoms with Crippen LogP contribution in [0.2, 0.25) is 0 Å². The molecule has 6 heteroatoms. The van der Waals surface area contributed by atoms with Gasteiger partial charge in [-0.3, -0.25) is 0 Å². The van der Waals surface area contributed by atoms with Crippen LogP contribution in [0.5, 0.6) is 0 Å². The normalized spacial score (nSPS) is 10.0. The van der Waals surface area contributed by atoms with Crippen LogP contribution in [0.25, 0.3) is 0 Å². The predicted molar refractivity (Wildman–Crippen MR) is 34.1 cm³/mol. The van der Waals surface area contributed by atoms with Crippen molar-refractivity contribution < 1.29 is 18.8 Å². The van der Waals surface area contributed by atoms with E-state index in [4.69, 9.17) is 10.0 Å². The smallest absolute Gasteiger partial charge is 0.423 e. The van der Waals surface area contributed by atoms with Gasteiger partial charge >= 0.3 is 7.12 Å². The van der Waals surface area contributed by atoms with E-state index in [0.717, 1.165) is 6.07 Å². The predicted octanol–water partition coefficient (Wildman–Crippen LogP) is -0.294. The summed E-state index contributed by atoms with van der Waals surface area (Å²) in [4.78, 5) is 0. The molecule has 2 nitrogen and oxygen atoms in total. The molecule has 1 aromatic rings. The summed E-state index contributed by atoms with van der Waals surface area (Å²) in [6.07, 6.45) is 0. The Balaban J connectivity index is 2.98. The first-order valence-corrected chi connectivity index (χ1v) is 3.24. The van der Waals surface area contributed by atoms with Crippen LogP contribution in [0.4, 0.5) is 8.78 Å². The molecule has 0 unspecified atom stereocenters. The summed E-state index contributed by atoms with van der Waals surface area (Å²) in [5.41, 5.74) is 0. The average molecular weight is 164 g/mol. The van der Waals surface area contributed by atoms with Gasteiger partial charge in [0, 0.05) is 4.78 Å². The molecule has 0 aliphatic rings. The fourth-order valence-corrected chi connectivity index (χ4v) is 1.12. The van der Waals surface area contributed by atoms with E-state index in [-0.39, 0.29) is 4.78 Å². The van der Waals surface area contributed by atoms with Crippen molar-refractivity contribution in [3.05, 3.63) is 17.0 Å². The summed E-state index contributed by atoms with van der Waals surface area (Å²) in [6.45, 7) is 0. The molecule has 0 aromatic carbocycles. The third kappa shape index (κ3) is 1.34. The second kappa shape index (κ2) is 2.65. The molecule has 0 saturated heterocycles. The van der Waals surface area contributed by atoms with Gasteiger partial charge in [-0.1, -0.05) is 0 Å². The van der Waals surface area contributed by atoms with Crippen LogP contribution in [0.1, 0.15) is 0 Å². The highest BCUT2D eigenvalue weighted by Crippen LogP contribution is 2.09. The molecule has 0 aliphatic carbocycles. The van der Waals surface area contributed by atoms with Gasteiger partial charge in [0.25, 0.3) is 0 Å². The molecule has 0 radical (unpaired) electrons. The molecule has 0 bridgehead atoms. The monoisotopic (exact) mass is 164 g/mol. The van der Waals surface area contributed by atoms with Gasteiger partial charge in [0.1, 0.15) is 0 Å². The lowest BCUT2D eigenvalue weighted by atomic mass is 9.90. The molecule has 0 amide bonds. The highest BCUT2D eigenvalue weighted by Gasteiger charge is 2.17. The lowest BCUT2D eigenvalue weighted by Crippen LogP contribution is -2.26. The van der Waals surface area contributed by atoms with E-state index >= 15 is 0 Å². The van der Waals surface area contributed by atoms with Crippen molar-refractivity contribution in [1.29, 1.82) is 0 Å². The molecule has 10 heavy (non-hydrogen) atoms. The van der Waals surface area contributed by atoms with Gasteiger partial charge in [-0.05, 0) is 6.07 Å². The van der Waals surface area contributed by atoms with Crippen LogP contribution >= 0.6 is 11.3 Å². The van der Waals surface area contributed by atoms with Crippen molar-refractivity contribution in [3.63, 3.8) is 0 Å². The Bertz CT molecular complexity index is 218. The molecular formula is C4H3BF2O2S. The summed E-state index contributed by atoms with van der Waals surface area (Å²) in [5, 5.41) is 15.8. The van der Waals surface area contributed by atoms with Crippen molar-refractivity contribution in [2.45, 2.75) is 0 Å². The van der Waals surface area contributed by atoms with Gasteiger partial charge < -0.3 is 10.0 Å². The van der Waals surface area contributed by atoms with Crippen molar-refractivity contribution in [1.82, 2.24) is 0 Å². The van der Waals surface area contributed by atoms with Crippen molar-refractivity contribution >= 4 is 23.2 Å². The van der Waals surface area contributed by atoms with E-state index in [1.54, 1.807) is 0 Å². The minimum absolute atomic E-state index is 0.130.